The van der Waals surface area contributed by atoms with Crippen LogP contribution in [-0.4, -0.2) is 21.9 Å². The van der Waals surface area contributed by atoms with Crippen LogP contribution in [0.15, 0.2) is 60.8 Å². The number of benzene rings is 2. The average molecular weight is 404 g/mol. The van der Waals surface area contributed by atoms with Crippen LogP contribution < -0.4 is 10.6 Å². The summed E-state index contributed by atoms with van der Waals surface area (Å²) < 4.78 is 13.5. The molecule has 0 spiro atoms. The molecule has 2 N–H and O–H groups in total. The van der Waals surface area contributed by atoms with Gasteiger partial charge in [-0.2, -0.15) is 0 Å². The molecule has 3 aromatic rings. The zero-order chi connectivity index (χ0) is 20.8. The van der Waals surface area contributed by atoms with E-state index in [9.17, 15) is 9.18 Å². The number of nitrogens with zero attached hydrogens (tertiary/aromatic N) is 2. The molecule has 5 nitrogen and oxygen atoms in total. The molecule has 1 amide bonds. The predicted molar refractivity (Wildman–Crippen MR) is 116 cm³/mol. The van der Waals surface area contributed by atoms with Crippen molar-refractivity contribution in [2.75, 3.05) is 5.32 Å². The number of hydrogen-bond acceptors (Lipinski definition) is 4. The van der Waals surface area contributed by atoms with E-state index >= 15 is 0 Å². The number of carbonyl (C=O) groups excluding carboxylic acids is 1. The summed E-state index contributed by atoms with van der Waals surface area (Å²) in [6.07, 6.45) is 8.57. The van der Waals surface area contributed by atoms with Gasteiger partial charge in [0.05, 0.1) is 0 Å². The number of aromatic nitrogens is 2. The Kier molecular flexibility index (Phi) is 6.32. The highest BCUT2D eigenvalue weighted by atomic mass is 19.1. The summed E-state index contributed by atoms with van der Waals surface area (Å²) >= 11 is 0. The van der Waals surface area contributed by atoms with E-state index in [0.29, 0.717) is 22.8 Å². The third-order valence-electron chi connectivity index (χ3n) is 5.33. The van der Waals surface area contributed by atoms with Gasteiger partial charge in [-0.15, -0.1) is 0 Å². The molecular formula is C24H25FN4O. The lowest BCUT2D eigenvalue weighted by Gasteiger charge is -2.16. The van der Waals surface area contributed by atoms with Gasteiger partial charge in [0, 0.05) is 29.1 Å². The smallest absolute Gasteiger partial charge is 0.251 e. The number of halogens is 1. The van der Waals surface area contributed by atoms with Crippen molar-refractivity contribution in [3.63, 3.8) is 0 Å². The Morgan fingerprint density at radius 2 is 1.77 bits per heavy atom. The largest absolute Gasteiger partial charge is 0.349 e. The maximum Gasteiger partial charge on any atom is 0.251 e. The molecule has 154 valence electrons. The van der Waals surface area contributed by atoms with Crippen LogP contribution in [0.3, 0.4) is 0 Å². The first-order valence-electron chi connectivity index (χ1n) is 10.4. The van der Waals surface area contributed by atoms with E-state index in [1.165, 1.54) is 37.8 Å². The fourth-order valence-electron chi connectivity index (χ4n) is 3.77. The second-order valence-electron chi connectivity index (χ2n) is 7.64. The lowest BCUT2D eigenvalue weighted by molar-refractivity contribution is 0.0933. The monoisotopic (exact) mass is 404 g/mol. The number of nitrogens with one attached hydrogen (secondary N) is 2. The zero-order valence-corrected chi connectivity index (χ0v) is 16.8. The first kappa shape index (κ1) is 20.0. The van der Waals surface area contributed by atoms with Gasteiger partial charge in [0.2, 0.25) is 0 Å². The minimum Gasteiger partial charge on any atom is -0.349 e. The van der Waals surface area contributed by atoms with Gasteiger partial charge in [-0.25, -0.2) is 14.4 Å². The van der Waals surface area contributed by atoms with Crippen molar-refractivity contribution in [1.29, 1.82) is 0 Å². The highest BCUT2D eigenvalue weighted by molar-refractivity contribution is 5.95. The molecule has 1 aromatic heterocycles. The minimum absolute atomic E-state index is 0.0475. The molecule has 1 saturated carbocycles. The topological polar surface area (TPSA) is 66.9 Å². The van der Waals surface area contributed by atoms with Crippen molar-refractivity contribution in [3.05, 3.63) is 72.2 Å². The van der Waals surface area contributed by atoms with Crippen molar-refractivity contribution in [2.24, 2.45) is 0 Å². The average Bonchev–Trinajstić information content (AvgIpc) is 3.03. The van der Waals surface area contributed by atoms with Crippen molar-refractivity contribution >= 4 is 17.4 Å². The van der Waals surface area contributed by atoms with Crippen LogP contribution in [0.5, 0.6) is 0 Å². The predicted octanol–water partition coefficient (Wildman–Crippen LogP) is 5.48. The van der Waals surface area contributed by atoms with Gasteiger partial charge in [-0.1, -0.05) is 43.9 Å². The molecule has 30 heavy (non-hydrogen) atoms. The zero-order valence-electron chi connectivity index (χ0n) is 16.8. The molecule has 2 aromatic carbocycles. The highest BCUT2D eigenvalue weighted by Crippen LogP contribution is 2.21. The van der Waals surface area contributed by atoms with E-state index in [-0.39, 0.29) is 17.8 Å². The normalized spacial score (nSPS) is 14.7. The fraction of sp³-hybridized carbons (Fsp3) is 0.292. The summed E-state index contributed by atoms with van der Waals surface area (Å²) in [6, 6.07) is 15.5. The first-order chi connectivity index (χ1) is 14.7. The van der Waals surface area contributed by atoms with Gasteiger partial charge in [-0.05, 0) is 49.2 Å². The Bertz CT molecular complexity index is 1020. The Labute approximate surface area is 175 Å². The van der Waals surface area contributed by atoms with Crippen molar-refractivity contribution < 1.29 is 9.18 Å². The molecule has 6 heteroatoms. The van der Waals surface area contributed by atoms with E-state index in [0.717, 1.165) is 18.5 Å². The maximum atomic E-state index is 13.5. The van der Waals surface area contributed by atoms with Gasteiger partial charge in [-0.3, -0.25) is 4.79 Å². The third kappa shape index (κ3) is 5.20. The molecule has 0 aliphatic heterocycles. The summed E-state index contributed by atoms with van der Waals surface area (Å²) in [5.74, 6) is 0.628. The first-order valence-corrected chi connectivity index (χ1v) is 10.4. The number of anilines is 2. The van der Waals surface area contributed by atoms with E-state index in [2.05, 4.69) is 20.6 Å². The van der Waals surface area contributed by atoms with Gasteiger partial charge in [0.25, 0.3) is 5.91 Å². The molecule has 0 atom stereocenters. The quantitative estimate of drug-likeness (QED) is 0.553. The Hall–Kier alpha value is -3.28. The summed E-state index contributed by atoms with van der Waals surface area (Å²) in [4.78, 5) is 21.4. The Balaban J connectivity index is 1.46. The van der Waals surface area contributed by atoms with Crippen LogP contribution >= 0.6 is 0 Å². The van der Waals surface area contributed by atoms with Crippen LogP contribution in [0.2, 0.25) is 0 Å². The van der Waals surface area contributed by atoms with E-state index in [4.69, 9.17) is 0 Å². The second kappa shape index (κ2) is 9.48. The molecule has 1 heterocycles. The standard InChI is InChI=1S/C24H25FN4O/c25-19-9-5-7-17(15-19)23-26-14-13-22(29-23)27-21-12-6-8-18(16-21)24(30)28-20-10-3-1-2-4-11-20/h5-9,12-16,20H,1-4,10-11H2,(H,28,30)(H,26,27,29). The molecule has 1 aliphatic carbocycles. The summed E-state index contributed by atoms with van der Waals surface area (Å²) in [7, 11) is 0. The lowest BCUT2D eigenvalue weighted by Crippen LogP contribution is -2.34. The van der Waals surface area contributed by atoms with E-state index in [1.54, 1.807) is 24.4 Å². The van der Waals surface area contributed by atoms with Crippen LogP contribution in [0.25, 0.3) is 11.4 Å². The number of amides is 1. The SMILES string of the molecule is O=C(NC1CCCCCC1)c1cccc(Nc2ccnc(-c3cccc(F)c3)n2)c1. The fourth-order valence-corrected chi connectivity index (χ4v) is 3.77. The second-order valence-corrected chi connectivity index (χ2v) is 7.64. The van der Waals surface area contributed by atoms with Crippen molar-refractivity contribution in [1.82, 2.24) is 15.3 Å². The molecular weight excluding hydrogens is 379 g/mol. The molecule has 1 aliphatic rings. The number of rotatable bonds is 5. The number of carbonyl (C=O) groups is 1. The van der Waals surface area contributed by atoms with E-state index < -0.39 is 0 Å². The van der Waals surface area contributed by atoms with E-state index in [1.807, 2.05) is 24.3 Å². The van der Waals surface area contributed by atoms with Crippen molar-refractivity contribution in [2.45, 2.75) is 44.6 Å². The third-order valence-corrected chi connectivity index (χ3v) is 5.33. The maximum absolute atomic E-state index is 13.5. The lowest BCUT2D eigenvalue weighted by atomic mass is 10.1. The highest BCUT2D eigenvalue weighted by Gasteiger charge is 2.16. The van der Waals surface area contributed by atoms with Crippen LogP contribution in [0, 0.1) is 5.82 Å². The van der Waals surface area contributed by atoms with Crippen LogP contribution in [0.4, 0.5) is 15.9 Å². The minimum atomic E-state index is -0.332. The van der Waals surface area contributed by atoms with Crippen LogP contribution in [0.1, 0.15) is 48.9 Å². The van der Waals surface area contributed by atoms with Gasteiger partial charge in [0.15, 0.2) is 5.82 Å². The summed E-state index contributed by atoms with van der Waals surface area (Å²) in [5.41, 5.74) is 1.98. The molecule has 0 unspecified atom stereocenters. The van der Waals surface area contributed by atoms with Crippen LogP contribution in [-0.2, 0) is 0 Å². The summed E-state index contributed by atoms with van der Waals surface area (Å²) in [6.45, 7) is 0. The molecule has 4 rings (SSSR count). The molecule has 0 bridgehead atoms. The van der Waals surface area contributed by atoms with Crippen molar-refractivity contribution in [3.8, 4) is 11.4 Å². The molecule has 0 saturated heterocycles. The van der Waals surface area contributed by atoms with Gasteiger partial charge in [0.1, 0.15) is 11.6 Å². The van der Waals surface area contributed by atoms with Gasteiger partial charge < -0.3 is 10.6 Å². The Morgan fingerprint density at radius 3 is 2.57 bits per heavy atom. The summed E-state index contributed by atoms with van der Waals surface area (Å²) in [5, 5.41) is 6.39. The molecule has 0 radical (unpaired) electrons. The Morgan fingerprint density at radius 1 is 0.967 bits per heavy atom. The number of hydrogen-bond donors (Lipinski definition) is 2. The molecule has 1 fully saturated rings. The van der Waals surface area contributed by atoms with Gasteiger partial charge >= 0.3 is 0 Å².